The van der Waals surface area contributed by atoms with Gasteiger partial charge in [0.15, 0.2) is 5.82 Å². The van der Waals surface area contributed by atoms with E-state index in [4.69, 9.17) is 4.74 Å². The molecule has 2 N–H and O–H groups in total. The summed E-state index contributed by atoms with van der Waals surface area (Å²) < 4.78 is 7.15. The van der Waals surface area contributed by atoms with Gasteiger partial charge in [-0.1, -0.05) is 0 Å². The minimum Gasteiger partial charge on any atom is -0.379 e. The number of hydrogen-bond acceptors (Lipinski definition) is 6. The monoisotopic (exact) mass is 288 g/mol. The van der Waals surface area contributed by atoms with Crippen LogP contribution < -0.4 is 10.6 Å². The van der Waals surface area contributed by atoms with Crippen molar-refractivity contribution in [2.75, 3.05) is 25.1 Å². The van der Waals surface area contributed by atoms with Gasteiger partial charge in [0.1, 0.15) is 12.7 Å². The van der Waals surface area contributed by atoms with Crippen LogP contribution in [0.5, 0.6) is 0 Å². The van der Waals surface area contributed by atoms with Gasteiger partial charge in [0.2, 0.25) is 0 Å². The van der Waals surface area contributed by atoms with E-state index in [0.717, 1.165) is 37.7 Å². The molecule has 0 spiro atoms. The second-order valence-corrected chi connectivity index (χ2v) is 5.22. The van der Waals surface area contributed by atoms with Crippen molar-refractivity contribution < 1.29 is 4.74 Å². The lowest BCUT2D eigenvalue weighted by atomic mass is 10.1. The van der Waals surface area contributed by atoms with E-state index in [1.165, 1.54) is 6.33 Å². The van der Waals surface area contributed by atoms with Crippen LogP contribution in [0.25, 0.3) is 5.82 Å². The molecule has 0 radical (unpaired) electrons. The third-order valence-electron chi connectivity index (χ3n) is 3.46. The van der Waals surface area contributed by atoms with Gasteiger partial charge in [-0.3, -0.25) is 0 Å². The lowest BCUT2D eigenvalue weighted by Crippen LogP contribution is -2.43. The van der Waals surface area contributed by atoms with E-state index >= 15 is 0 Å². The SMILES string of the molecule is CC(CC1COCCN1)Nc1cccnc1-n1cncn1. The Morgan fingerprint density at radius 2 is 2.52 bits per heavy atom. The number of hydrogen-bond donors (Lipinski definition) is 2. The molecule has 0 aliphatic carbocycles. The Morgan fingerprint density at radius 3 is 3.29 bits per heavy atom. The first kappa shape index (κ1) is 14.0. The smallest absolute Gasteiger partial charge is 0.178 e. The van der Waals surface area contributed by atoms with E-state index < -0.39 is 0 Å². The largest absolute Gasteiger partial charge is 0.379 e. The Bertz CT molecular complexity index is 552. The zero-order valence-corrected chi connectivity index (χ0v) is 12.1. The zero-order chi connectivity index (χ0) is 14.5. The fraction of sp³-hybridized carbons (Fsp3) is 0.500. The molecule has 3 heterocycles. The molecule has 3 rings (SSSR count). The van der Waals surface area contributed by atoms with Crippen LogP contribution in [0.15, 0.2) is 31.0 Å². The molecule has 1 saturated heterocycles. The summed E-state index contributed by atoms with van der Waals surface area (Å²) in [5.74, 6) is 0.759. The minimum atomic E-state index is 0.302. The normalized spacial score (nSPS) is 20.1. The van der Waals surface area contributed by atoms with Gasteiger partial charge in [-0.15, -0.1) is 0 Å². The van der Waals surface area contributed by atoms with E-state index in [9.17, 15) is 0 Å². The Hall–Kier alpha value is -1.99. The van der Waals surface area contributed by atoms with Crippen LogP contribution in [0.4, 0.5) is 5.69 Å². The van der Waals surface area contributed by atoms with Crippen LogP contribution in [0, 0.1) is 0 Å². The van der Waals surface area contributed by atoms with Gasteiger partial charge in [-0.05, 0) is 25.5 Å². The summed E-state index contributed by atoms with van der Waals surface area (Å²) in [4.78, 5) is 8.35. The standard InChI is InChI=1S/C14H20N6O/c1-11(7-12-8-21-6-5-16-12)19-13-3-2-4-17-14(13)20-10-15-9-18-20/h2-4,9-12,16,19H,5-8H2,1H3. The number of ether oxygens (including phenoxy) is 1. The third kappa shape index (κ3) is 3.56. The molecule has 2 atom stereocenters. The predicted octanol–water partition coefficient (Wildman–Crippen LogP) is 0.841. The average Bonchev–Trinajstić information content (AvgIpc) is 3.03. The quantitative estimate of drug-likeness (QED) is 0.849. The Labute approximate surface area is 123 Å². The maximum Gasteiger partial charge on any atom is 0.178 e. The molecule has 0 saturated carbocycles. The number of nitrogens with zero attached hydrogens (tertiary/aromatic N) is 4. The molecule has 1 aliphatic rings. The van der Waals surface area contributed by atoms with Gasteiger partial charge in [0.25, 0.3) is 0 Å². The van der Waals surface area contributed by atoms with Crippen LogP contribution in [-0.2, 0) is 4.74 Å². The van der Waals surface area contributed by atoms with Crippen LogP contribution in [0.1, 0.15) is 13.3 Å². The number of anilines is 1. The van der Waals surface area contributed by atoms with Crippen LogP contribution in [-0.4, -0.2) is 51.6 Å². The molecule has 2 aromatic rings. The Kier molecular flexibility index (Phi) is 4.42. The summed E-state index contributed by atoms with van der Waals surface area (Å²) in [5, 5.41) is 11.1. The minimum absolute atomic E-state index is 0.302. The summed E-state index contributed by atoms with van der Waals surface area (Å²) in [6.45, 7) is 4.66. The second kappa shape index (κ2) is 6.64. The van der Waals surface area contributed by atoms with Gasteiger partial charge >= 0.3 is 0 Å². The van der Waals surface area contributed by atoms with Gasteiger partial charge in [0.05, 0.1) is 18.9 Å². The lowest BCUT2D eigenvalue weighted by molar-refractivity contribution is 0.0731. The topological polar surface area (TPSA) is 76.9 Å². The molecule has 7 nitrogen and oxygen atoms in total. The van der Waals surface area contributed by atoms with Crippen LogP contribution in [0.3, 0.4) is 0 Å². The average molecular weight is 288 g/mol. The highest BCUT2D eigenvalue weighted by Gasteiger charge is 2.17. The number of aromatic nitrogens is 4. The molecule has 0 bridgehead atoms. The first-order chi connectivity index (χ1) is 10.3. The van der Waals surface area contributed by atoms with E-state index in [-0.39, 0.29) is 0 Å². The molecular weight excluding hydrogens is 268 g/mol. The molecule has 2 aromatic heterocycles. The number of rotatable bonds is 5. The molecule has 1 fully saturated rings. The van der Waals surface area contributed by atoms with Crippen molar-refractivity contribution in [2.24, 2.45) is 0 Å². The Morgan fingerprint density at radius 1 is 1.57 bits per heavy atom. The number of pyridine rings is 1. The summed E-state index contributed by atoms with van der Waals surface area (Å²) in [6, 6.07) is 4.62. The maximum atomic E-state index is 5.49. The number of morpholine rings is 1. The number of nitrogens with one attached hydrogen (secondary N) is 2. The summed E-state index contributed by atoms with van der Waals surface area (Å²) in [6.07, 6.45) is 5.90. The van der Waals surface area contributed by atoms with Crippen molar-refractivity contribution in [3.05, 3.63) is 31.0 Å². The fourth-order valence-corrected chi connectivity index (χ4v) is 2.53. The molecule has 0 aromatic carbocycles. The fourth-order valence-electron chi connectivity index (χ4n) is 2.53. The molecule has 0 amide bonds. The highest BCUT2D eigenvalue weighted by atomic mass is 16.5. The molecule has 1 aliphatic heterocycles. The molecule has 21 heavy (non-hydrogen) atoms. The third-order valence-corrected chi connectivity index (χ3v) is 3.46. The summed E-state index contributed by atoms with van der Waals surface area (Å²) in [7, 11) is 0. The molecular formula is C14H20N6O. The van der Waals surface area contributed by atoms with Crippen molar-refractivity contribution in [1.82, 2.24) is 25.1 Å². The van der Waals surface area contributed by atoms with E-state index in [1.54, 1.807) is 17.2 Å². The molecule has 7 heteroatoms. The Balaban J connectivity index is 1.67. The van der Waals surface area contributed by atoms with Gasteiger partial charge in [0, 0.05) is 24.8 Å². The summed E-state index contributed by atoms with van der Waals surface area (Å²) in [5.41, 5.74) is 0.951. The summed E-state index contributed by atoms with van der Waals surface area (Å²) >= 11 is 0. The van der Waals surface area contributed by atoms with Crippen LogP contribution >= 0.6 is 0 Å². The van der Waals surface area contributed by atoms with E-state index in [2.05, 4.69) is 32.6 Å². The van der Waals surface area contributed by atoms with Crippen molar-refractivity contribution in [3.8, 4) is 5.82 Å². The van der Waals surface area contributed by atoms with Gasteiger partial charge < -0.3 is 15.4 Å². The lowest BCUT2D eigenvalue weighted by Gasteiger charge is -2.27. The predicted molar refractivity (Wildman–Crippen MR) is 79.5 cm³/mol. The van der Waals surface area contributed by atoms with Gasteiger partial charge in [-0.25, -0.2) is 14.6 Å². The van der Waals surface area contributed by atoms with Crippen molar-refractivity contribution in [2.45, 2.75) is 25.4 Å². The first-order valence-corrected chi connectivity index (χ1v) is 7.20. The van der Waals surface area contributed by atoms with Gasteiger partial charge in [-0.2, -0.15) is 5.10 Å². The van der Waals surface area contributed by atoms with E-state index in [0.29, 0.717) is 12.1 Å². The first-order valence-electron chi connectivity index (χ1n) is 7.20. The maximum absolute atomic E-state index is 5.49. The second-order valence-electron chi connectivity index (χ2n) is 5.22. The highest BCUT2D eigenvalue weighted by molar-refractivity contribution is 5.56. The molecule has 2 unspecified atom stereocenters. The van der Waals surface area contributed by atoms with E-state index in [1.807, 2.05) is 12.1 Å². The van der Waals surface area contributed by atoms with Crippen LogP contribution in [0.2, 0.25) is 0 Å². The van der Waals surface area contributed by atoms with Crippen molar-refractivity contribution >= 4 is 5.69 Å². The highest BCUT2D eigenvalue weighted by Crippen LogP contribution is 2.18. The van der Waals surface area contributed by atoms with Crippen molar-refractivity contribution in [3.63, 3.8) is 0 Å². The zero-order valence-electron chi connectivity index (χ0n) is 12.1. The molecule has 112 valence electrons. The van der Waals surface area contributed by atoms with Crippen molar-refractivity contribution in [1.29, 1.82) is 0 Å².